The molecule has 0 saturated heterocycles. The second-order valence-corrected chi connectivity index (χ2v) is 6.28. The van der Waals surface area contributed by atoms with Gasteiger partial charge in [0.15, 0.2) is 0 Å². The first-order valence-electron chi connectivity index (χ1n) is 8.41. The monoisotopic (exact) mass is 333 g/mol. The Morgan fingerprint density at radius 3 is 2.88 bits per heavy atom. The number of carbonyl (C=O) groups excluding carboxylic acids is 1. The highest BCUT2D eigenvalue weighted by Gasteiger charge is 2.31. The van der Waals surface area contributed by atoms with Crippen LogP contribution in [0.1, 0.15) is 40.0 Å². The molecule has 0 fully saturated rings. The lowest BCUT2D eigenvalue weighted by Crippen LogP contribution is -2.51. The predicted molar refractivity (Wildman–Crippen MR) is 99.2 cm³/mol. The van der Waals surface area contributed by atoms with E-state index < -0.39 is 11.4 Å². The molecule has 1 aliphatic carbocycles. The summed E-state index contributed by atoms with van der Waals surface area (Å²) < 4.78 is 5.67. The minimum absolute atomic E-state index is 0.144. The summed E-state index contributed by atoms with van der Waals surface area (Å²) in [5.41, 5.74) is 12.8. The molecule has 134 valence electrons. The number of primary amides is 1. The van der Waals surface area contributed by atoms with E-state index in [1.165, 1.54) is 0 Å². The van der Waals surface area contributed by atoms with E-state index in [1.807, 2.05) is 51.2 Å². The van der Waals surface area contributed by atoms with Gasteiger partial charge in [0.2, 0.25) is 5.91 Å². The van der Waals surface area contributed by atoms with Crippen molar-refractivity contribution in [1.82, 2.24) is 5.32 Å². The standard InChI is InChI=1S/C19H31N3O2/c1-4-7-16(5-2)13-24-14-22-17-8-6-11-19(21,18(20)23)12-15(3)9-10-17/h4-9,17,22H,10-14,21H2,1-3H3,(H2,20,23)/b7-4-,8-6+,15-9+,16-5+. The molecule has 2 atom stereocenters. The third-order valence-corrected chi connectivity index (χ3v) is 4.12. The van der Waals surface area contributed by atoms with Gasteiger partial charge in [0.25, 0.3) is 0 Å². The van der Waals surface area contributed by atoms with Gasteiger partial charge in [0.05, 0.1) is 13.3 Å². The minimum Gasteiger partial charge on any atom is -0.368 e. The summed E-state index contributed by atoms with van der Waals surface area (Å²) in [5.74, 6) is -0.461. The number of nitrogens with one attached hydrogen (secondary N) is 1. The molecule has 1 rings (SSSR count). The Bertz CT molecular complexity index is 535. The minimum atomic E-state index is -1.00. The summed E-state index contributed by atoms with van der Waals surface area (Å²) in [6.07, 6.45) is 13.9. The Morgan fingerprint density at radius 1 is 1.50 bits per heavy atom. The fourth-order valence-electron chi connectivity index (χ4n) is 2.61. The lowest BCUT2D eigenvalue weighted by molar-refractivity contribution is -0.123. The average molecular weight is 333 g/mol. The van der Waals surface area contributed by atoms with Gasteiger partial charge in [-0.3, -0.25) is 10.1 Å². The van der Waals surface area contributed by atoms with E-state index in [0.29, 0.717) is 26.2 Å². The molecule has 0 heterocycles. The zero-order valence-electron chi connectivity index (χ0n) is 15.0. The number of nitrogens with two attached hydrogens (primary N) is 2. The van der Waals surface area contributed by atoms with Crippen molar-refractivity contribution in [3.8, 4) is 0 Å². The number of carbonyl (C=O) groups is 1. The van der Waals surface area contributed by atoms with Gasteiger partial charge in [-0.2, -0.15) is 0 Å². The van der Waals surface area contributed by atoms with Crippen molar-refractivity contribution in [2.24, 2.45) is 11.5 Å². The summed E-state index contributed by atoms with van der Waals surface area (Å²) in [7, 11) is 0. The van der Waals surface area contributed by atoms with Crippen LogP contribution < -0.4 is 16.8 Å². The number of hydrogen-bond acceptors (Lipinski definition) is 4. The largest absolute Gasteiger partial charge is 0.368 e. The molecule has 0 aromatic carbocycles. The van der Waals surface area contributed by atoms with Gasteiger partial charge in [0, 0.05) is 6.04 Å². The Kier molecular flexibility index (Phi) is 8.68. The molecule has 5 heteroatoms. The first-order valence-corrected chi connectivity index (χ1v) is 8.41. The van der Waals surface area contributed by atoms with E-state index in [0.717, 1.165) is 17.6 Å². The van der Waals surface area contributed by atoms with Crippen molar-refractivity contribution < 1.29 is 9.53 Å². The van der Waals surface area contributed by atoms with Crippen LogP contribution in [0.4, 0.5) is 0 Å². The molecule has 1 amide bonds. The topological polar surface area (TPSA) is 90.4 Å². The Morgan fingerprint density at radius 2 is 2.25 bits per heavy atom. The number of amides is 1. The van der Waals surface area contributed by atoms with Crippen LogP contribution >= 0.6 is 0 Å². The van der Waals surface area contributed by atoms with E-state index in [4.69, 9.17) is 16.2 Å². The van der Waals surface area contributed by atoms with Crippen molar-refractivity contribution in [3.63, 3.8) is 0 Å². The molecule has 0 aromatic heterocycles. The number of hydrogen-bond donors (Lipinski definition) is 3. The Hall–Kier alpha value is -1.69. The molecule has 0 bridgehead atoms. The molecular weight excluding hydrogens is 302 g/mol. The quantitative estimate of drug-likeness (QED) is 0.289. The predicted octanol–water partition coefficient (Wildman–Crippen LogP) is 2.31. The third-order valence-electron chi connectivity index (χ3n) is 4.12. The van der Waals surface area contributed by atoms with Crippen LogP contribution in [0.15, 0.2) is 47.6 Å². The highest BCUT2D eigenvalue weighted by molar-refractivity contribution is 5.85. The normalized spacial score (nSPS) is 29.4. The Balaban J connectivity index is 2.56. The van der Waals surface area contributed by atoms with E-state index in [-0.39, 0.29) is 6.04 Å². The lowest BCUT2D eigenvalue weighted by Gasteiger charge is -2.24. The van der Waals surface area contributed by atoms with Crippen molar-refractivity contribution in [2.75, 3.05) is 13.3 Å². The van der Waals surface area contributed by atoms with E-state index >= 15 is 0 Å². The van der Waals surface area contributed by atoms with E-state index in [2.05, 4.69) is 11.4 Å². The van der Waals surface area contributed by atoms with Gasteiger partial charge >= 0.3 is 0 Å². The molecule has 0 aromatic rings. The van der Waals surface area contributed by atoms with Gasteiger partial charge < -0.3 is 16.2 Å². The lowest BCUT2D eigenvalue weighted by atomic mass is 9.88. The second kappa shape index (κ2) is 10.2. The highest BCUT2D eigenvalue weighted by Crippen LogP contribution is 2.21. The first-order chi connectivity index (χ1) is 11.4. The average Bonchev–Trinajstić information content (AvgIpc) is 2.60. The second-order valence-electron chi connectivity index (χ2n) is 6.28. The molecule has 0 radical (unpaired) electrons. The van der Waals surface area contributed by atoms with Gasteiger partial charge in [-0.1, -0.05) is 42.0 Å². The SMILES string of the molecule is C/C=C\C(=C/C)COCNC1/C=C/CC(N)(C(N)=O)C/C(C)=C/C1. The van der Waals surface area contributed by atoms with E-state index in [9.17, 15) is 4.79 Å². The van der Waals surface area contributed by atoms with Gasteiger partial charge in [-0.05, 0) is 45.6 Å². The molecule has 5 N–H and O–H groups in total. The van der Waals surface area contributed by atoms with Crippen molar-refractivity contribution in [2.45, 2.75) is 51.6 Å². The van der Waals surface area contributed by atoms with Crippen LogP contribution in [-0.2, 0) is 9.53 Å². The third kappa shape index (κ3) is 6.83. The fraction of sp³-hybridized carbons (Fsp3) is 0.526. The Labute approximate surface area is 145 Å². The smallest absolute Gasteiger partial charge is 0.238 e. The fourth-order valence-corrected chi connectivity index (χ4v) is 2.61. The first kappa shape index (κ1) is 20.4. The molecule has 0 spiro atoms. The highest BCUT2D eigenvalue weighted by atomic mass is 16.5. The molecule has 0 aliphatic heterocycles. The van der Waals surface area contributed by atoms with Gasteiger partial charge in [-0.15, -0.1) is 0 Å². The molecular formula is C19H31N3O2. The molecule has 5 nitrogen and oxygen atoms in total. The summed E-state index contributed by atoms with van der Waals surface area (Å²) in [4.78, 5) is 11.6. The number of rotatable bonds is 7. The maximum atomic E-state index is 11.6. The van der Waals surface area contributed by atoms with Crippen LogP contribution in [0, 0.1) is 0 Å². The van der Waals surface area contributed by atoms with Crippen molar-refractivity contribution >= 4 is 5.91 Å². The maximum absolute atomic E-state index is 11.6. The summed E-state index contributed by atoms with van der Waals surface area (Å²) >= 11 is 0. The van der Waals surface area contributed by atoms with Crippen LogP contribution in [-0.4, -0.2) is 30.8 Å². The summed E-state index contributed by atoms with van der Waals surface area (Å²) in [6.45, 7) is 7.01. The van der Waals surface area contributed by atoms with Gasteiger partial charge in [-0.25, -0.2) is 0 Å². The number of ether oxygens (including phenoxy) is 1. The molecule has 1 aliphatic rings. The maximum Gasteiger partial charge on any atom is 0.238 e. The van der Waals surface area contributed by atoms with Crippen molar-refractivity contribution in [3.05, 3.63) is 47.6 Å². The molecule has 0 saturated carbocycles. The van der Waals surface area contributed by atoms with Crippen molar-refractivity contribution in [1.29, 1.82) is 0 Å². The van der Waals surface area contributed by atoms with E-state index in [1.54, 1.807) is 0 Å². The zero-order valence-corrected chi connectivity index (χ0v) is 15.0. The summed E-state index contributed by atoms with van der Waals surface area (Å²) in [5, 5.41) is 3.35. The summed E-state index contributed by atoms with van der Waals surface area (Å²) in [6, 6.07) is 0.144. The van der Waals surface area contributed by atoms with Crippen LogP contribution in [0.5, 0.6) is 0 Å². The number of allylic oxidation sites excluding steroid dienone is 2. The van der Waals surface area contributed by atoms with Gasteiger partial charge in [0.1, 0.15) is 5.54 Å². The van der Waals surface area contributed by atoms with Crippen LogP contribution in [0.2, 0.25) is 0 Å². The zero-order chi connectivity index (χ0) is 18.0. The molecule has 2 unspecified atom stereocenters. The molecule has 24 heavy (non-hydrogen) atoms. The van der Waals surface area contributed by atoms with Crippen LogP contribution in [0.25, 0.3) is 0 Å². The van der Waals surface area contributed by atoms with Crippen LogP contribution in [0.3, 0.4) is 0 Å².